The van der Waals surface area contributed by atoms with Crippen LogP contribution in [0, 0.1) is 17.2 Å². The van der Waals surface area contributed by atoms with Crippen LogP contribution in [0.2, 0.25) is 5.02 Å². The number of carboxylic acids is 1. The van der Waals surface area contributed by atoms with Gasteiger partial charge in [0.2, 0.25) is 5.91 Å². The molecule has 0 bridgehead atoms. The first kappa shape index (κ1) is 15.0. The standard InChI is InChI=1S/C13H13ClN2O3/c1-8(5-13(18)19)4-12(17)16-11-6-10(14)3-2-9(11)7-15/h2-3,6,8H,4-5H2,1H3,(H,16,17)(H,18,19). The maximum Gasteiger partial charge on any atom is 0.303 e. The van der Waals surface area contributed by atoms with E-state index in [-0.39, 0.29) is 24.7 Å². The summed E-state index contributed by atoms with van der Waals surface area (Å²) in [6.45, 7) is 1.68. The SMILES string of the molecule is CC(CC(=O)O)CC(=O)Nc1cc(Cl)ccc1C#N. The third-order valence-electron chi connectivity index (χ3n) is 2.43. The van der Waals surface area contributed by atoms with Gasteiger partial charge in [-0.1, -0.05) is 18.5 Å². The first-order valence-corrected chi connectivity index (χ1v) is 6.01. The van der Waals surface area contributed by atoms with Gasteiger partial charge in [0.1, 0.15) is 6.07 Å². The summed E-state index contributed by atoms with van der Waals surface area (Å²) in [7, 11) is 0. The van der Waals surface area contributed by atoms with Gasteiger partial charge in [0.15, 0.2) is 0 Å². The minimum Gasteiger partial charge on any atom is -0.481 e. The molecule has 1 amide bonds. The highest BCUT2D eigenvalue weighted by Crippen LogP contribution is 2.21. The smallest absolute Gasteiger partial charge is 0.303 e. The molecule has 0 heterocycles. The Kier molecular flexibility index (Phi) is 5.34. The van der Waals surface area contributed by atoms with Crippen LogP contribution in [-0.4, -0.2) is 17.0 Å². The number of aliphatic carboxylic acids is 1. The Balaban J connectivity index is 2.69. The van der Waals surface area contributed by atoms with Crippen molar-refractivity contribution in [3.8, 4) is 6.07 Å². The van der Waals surface area contributed by atoms with Crippen molar-refractivity contribution in [3.63, 3.8) is 0 Å². The van der Waals surface area contributed by atoms with Crippen LogP contribution in [0.25, 0.3) is 0 Å². The Morgan fingerprint density at radius 1 is 1.47 bits per heavy atom. The monoisotopic (exact) mass is 280 g/mol. The molecule has 100 valence electrons. The number of halogens is 1. The second-order valence-electron chi connectivity index (χ2n) is 4.26. The van der Waals surface area contributed by atoms with Gasteiger partial charge in [0, 0.05) is 17.9 Å². The number of nitriles is 1. The van der Waals surface area contributed by atoms with E-state index in [0.717, 1.165) is 0 Å². The molecule has 0 radical (unpaired) electrons. The molecule has 0 aromatic heterocycles. The van der Waals surface area contributed by atoms with Crippen LogP contribution in [0.1, 0.15) is 25.3 Å². The molecule has 0 aliphatic carbocycles. The van der Waals surface area contributed by atoms with Gasteiger partial charge in [-0.25, -0.2) is 0 Å². The fraction of sp³-hybridized carbons (Fsp3) is 0.308. The Morgan fingerprint density at radius 3 is 2.74 bits per heavy atom. The molecule has 6 heteroatoms. The summed E-state index contributed by atoms with van der Waals surface area (Å²) in [4.78, 5) is 22.2. The van der Waals surface area contributed by atoms with Crippen LogP contribution in [0.4, 0.5) is 5.69 Å². The average Bonchev–Trinajstić information content (AvgIpc) is 2.27. The van der Waals surface area contributed by atoms with E-state index in [1.807, 2.05) is 6.07 Å². The lowest BCUT2D eigenvalue weighted by molar-refractivity contribution is -0.138. The molecular formula is C13H13ClN2O3. The van der Waals surface area contributed by atoms with Gasteiger partial charge in [0.25, 0.3) is 0 Å². The number of hydrogen-bond donors (Lipinski definition) is 2. The van der Waals surface area contributed by atoms with Crippen molar-refractivity contribution in [2.75, 3.05) is 5.32 Å². The predicted octanol–water partition coefficient (Wildman–Crippen LogP) is 2.65. The zero-order valence-electron chi connectivity index (χ0n) is 10.3. The molecule has 5 nitrogen and oxygen atoms in total. The second kappa shape index (κ2) is 6.76. The molecule has 1 unspecified atom stereocenters. The third kappa shape index (κ3) is 4.98. The number of carbonyl (C=O) groups excluding carboxylic acids is 1. The summed E-state index contributed by atoms with van der Waals surface area (Å²) >= 11 is 5.79. The molecule has 0 aliphatic heterocycles. The summed E-state index contributed by atoms with van der Waals surface area (Å²) in [5, 5.41) is 20.5. The van der Waals surface area contributed by atoms with Gasteiger partial charge >= 0.3 is 5.97 Å². The van der Waals surface area contributed by atoms with Crippen molar-refractivity contribution in [2.45, 2.75) is 19.8 Å². The zero-order valence-corrected chi connectivity index (χ0v) is 11.1. The number of nitrogens with zero attached hydrogens (tertiary/aromatic N) is 1. The van der Waals surface area contributed by atoms with E-state index in [2.05, 4.69) is 5.32 Å². The fourth-order valence-corrected chi connectivity index (χ4v) is 1.78. The Hall–Kier alpha value is -2.06. The Bertz CT molecular complexity index is 537. The summed E-state index contributed by atoms with van der Waals surface area (Å²) in [5.41, 5.74) is 0.645. The van der Waals surface area contributed by atoms with E-state index in [9.17, 15) is 9.59 Å². The molecule has 0 aliphatic rings. The lowest BCUT2D eigenvalue weighted by atomic mass is 10.0. The maximum atomic E-state index is 11.7. The Morgan fingerprint density at radius 2 is 2.16 bits per heavy atom. The molecule has 2 N–H and O–H groups in total. The number of amides is 1. The van der Waals surface area contributed by atoms with E-state index in [0.29, 0.717) is 16.3 Å². The molecule has 0 spiro atoms. The molecule has 19 heavy (non-hydrogen) atoms. The highest BCUT2D eigenvalue weighted by molar-refractivity contribution is 6.31. The van der Waals surface area contributed by atoms with Crippen molar-refractivity contribution in [3.05, 3.63) is 28.8 Å². The lowest BCUT2D eigenvalue weighted by Crippen LogP contribution is -2.17. The van der Waals surface area contributed by atoms with Gasteiger partial charge in [-0.05, 0) is 24.1 Å². The van der Waals surface area contributed by atoms with Crippen molar-refractivity contribution >= 4 is 29.2 Å². The third-order valence-corrected chi connectivity index (χ3v) is 2.67. The van der Waals surface area contributed by atoms with Crippen molar-refractivity contribution in [1.29, 1.82) is 5.26 Å². The highest BCUT2D eigenvalue weighted by Gasteiger charge is 2.14. The number of carboxylic acid groups (broad SMARTS) is 1. The van der Waals surface area contributed by atoms with Crippen LogP contribution in [0.15, 0.2) is 18.2 Å². The Labute approximate surface area is 115 Å². The molecule has 1 atom stereocenters. The normalized spacial score (nSPS) is 11.4. The van der Waals surface area contributed by atoms with Gasteiger partial charge in [0.05, 0.1) is 11.3 Å². The minimum absolute atomic E-state index is 0.0731. The number of nitrogens with one attached hydrogen (secondary N) is 1. The summed E-state index contributed by atoms with van der Waals surface area (Å²) in [5.74, 6) is -1.56. The zero-order chi connectivity index (χ0) is 14.4. The fourth-order valence-electron chi connectivity index (χ4n) is 1.61. The summed E-state index contributed by atoms with van der Waals surface area (Å²) in [6.07, 6.45) is -0.00223. The number of rotatable bonds is 5. The van der Waals surface area contributed by atoms with Gasteiger partial charge in [-0.2, -0.15) is 5.26 Å². The molecule has 0 saturated heterocycles. The average molecular weight is 281 g/mol. The highest BCUT2D eigenvalue weighted by atomic mass is 35.5. The number of hydrogen-bond acceptors (Lipinski definition) is 3. The molecular weight excluding hydrogens is 268 g/mol. The van der Waals surface area contributed by atoms with Crippen molar-refractivity contribution < 1.29 is 14.7 Å². The minimum atomic E-state index is -0.944. The molecule has 1 aromatic rings. The molecule has 1 rings (SSSR count). The van der Waals surface area contributed by atoms with Crippen LogP contribution < -0.4 is 5.32 Å². The quantitative estimate of drug-likeness (QED) is 0.867. The molecule has 0 fully saturated rings. The number of benzene rings is 1. The first-order chi connectivity index (χ1) is 8.92. The van der Waals surface area contributed by atoms with Gasteiger partial charge in [-0.3, -0.25) is 9.59 Å². The number of anilines is 1. The second-order valence-corrected chi connectivity index (χ2v) is 4.69. The topological polar surface area (TPSA) is 90.2 Å². The summed E-state index contributed by atoms with van der Waals surface area (Å²) < 4.78 is 0. The van der Waals surface area contributed by atoms with Gasteiger partial charge < -0.3 is 10.4 Å². The van der Waals surface area contributed by atoms with Crippen LogP contribution >= 0.6 is 11.6 Å². The van der Waals surface area contributed by atoms with Crippen LogP contribution in [-0.2, 0) is 9.59 Å². The maximum absolute atomic E-state index is 11.7. The van der Waals surface area contributed by atoms with Gasteiger partial charge in [-0.15, -0.1) is 0 Å². The van der Waals surface area contributed by atoms with E-state index >= 15 is 0 Å². The predicted molar refractivity (Wildman–Crippen MR) is 70.8 cm³/mol. The van der Waals surface area contributed by atoms with Crippen LogP contribution in [0.3, 0.4) is 0 Å². The summed E-state index contributed by atoms with van der Waals surface area (Å²) in [6, 6.07) is 6.50. The molecule has 0 saturated carbocycles. The van der Waals surface area contributed by atoms with Crippen LogP contribution in [0.5, 0.6) is 0 Å². The largest absolute Gasteiger partial charge is 0.481 e. The van der Waals surface area contributed by atoms with Crippen molar-refractivity contribution in [2.24, 2.45) is 5.92 Å². The van der Waals surface area contributed by atoms with E-state index in [1.165, 1.54) is 12.1 Å². The van der Waals surface area contributed by atoms with Crippen molar-refractivity contribution in [1.82, 2.24) is 0 Å². The van der Waals surface area contributed by atoms with E-state index < -0.39 is 5.97 Å². The molecule has 1 aromatic carbocycles. The number of carbonyl (C=O) groups is 2. The van der Waals surface area contributed by atoms with E-state index in [1.54, 1.807) is 13.0 Å². The lowest BCUT2D eigenvalue weighted by Gasteiger charge is -2.10. The first-order valence-electron chi connectivity index (χ1n) is 5.63. The van der Waals surface area contributed by atoms with E-state index in [4.69, 9.17) is 22.0 Å².